The number of hydrazone groups is 1. The Bertz CT molecular complexity index is 872. The van der Waals surface area contributed by atoms with Crippen LogP contribution in [0, 0.1) is 0 Å². The summed E-state index contributed by atoms with van der Waals surface area (Å²) in [5, 5.41) is 8.94. The van der Waals surface area contributed by atoms with Crippen LogP contribution in [0.4, 0.5) is 5.69 Å². The third kappa shape index (κ3) is 5.14. The molecule has 0 saturated carbocycles. The average Bonchev–Trinajstić information content (AvgIpc) is 2.63. The Morgan fingerprint density at radius 1 is 1.08 bits per heavy atom. The smallest absolute Gasteiger partial charge is 0.271 e. The summed E-state index contributed by atoms with van der Waals surface area (Å²) in [7, 11) is -3.78. The minimum Gasteiger partial charge on any atom is -0.372 e. The summed E-state index contributed by atoms with van der Waals surface area (Å²) in [6, 6.07) is 13.2. The van der Waals surface area contributed by atoms with Crippen LogP contribution < -0.4 is 15.5 Å². The first-order valence-corrected chi connectivity index (χ1v) is 9.71. The summed E-state index contributed by atoms with van der Waals surface area (Å²) in [5.74, 6) is -0.443. The van der Waals surface area contributed by atoms with Crippen LogP contribution in [0.2, 0.25) is 0 Å². The van der Waals surface area contributed by atoms with Gasteiger partial charge in [0.25, 0.3) is 5.91 Å². The molecule has 2 aromatic rings. The van der Waals surface area contributed by atoms with E-state index in [0.29, 0.717) is 0 Å². The number of sulfonamides is 1. The van der Waals surface area contributed by atoms with Gasteiger partial charge in [0, 0.05) is 24.3 Å². The molecule has 138 valence electrons. The van der Waals surface area contributed by atoms with E-state index in [1.807, 2.05) is 24.3 Å². The minimum absolute atomic E-state index is 0.0501. The van der Waals surface area contributed by atoms with Gasteiger partial charge in [0.15, 0.2) is 0 Å². The van der Waals surface area contributed by atoms with Gasteiger partial charge in [-0.3, -0.25) is 4.79 Å². The summed E-state index contributed by atoms with van der Waals surface area (Å²) in [5.41, 5.74) is 4.67. The van der Waals surface area contributed by atoms with Crippen molar-refractivity contribution in [2.45, 2.75) is 18.7 Å². The van der Waals surface area contributed by atoms with Crippen molar-refractivity contribution >= 4 is 27.8 Å². The Morgan fingerprint density at radius 3 is 2.15 bits per heavy atom. The van der Waals surface area contributed by atoms with Crippen molar-refractivity contribution in [1.82, 2.24) is 5.43 Å². The lowest BCUT2D eigenvalue weighted by Crippen LogP contribution is -2.21. The van der Waals surface area contributed by atoms with E-state index in [2.05, 4.69) is 29.3 Å². The molecule has 8 heteroatoms. The Kier molecular flexibility index (Phi) is 6.48. The number of carbonyl (C=O) groups is 1. The van der Waals surface area contributed by atoms with E-state index < -0.39 is 15.9 Å². The van der Waals surface area contributed by atoms with Crippen molar-refractivity contribution in [2.75, 3.05) is 18.0 Å². The standard InChI is InChI=1S/C18H22N4O3S/c1-3-22(4-2)16-9-5-14(6-10-16)13-20-21-18(23)15-7-11-17(12-8-15)26(19,24)25/h5-13H,3-4H2,1-2H3,(H,21,23)(H2,19,24,25)/b20-13+. The van der Waals surface area contributed by atoms with Gasteiger partial charge >= 0.3 is 0 Å². The largest absolute Gasteiger partial charge is 0.372 e. The molecular formula is C18H22N4O3S. The number of primary sulfonamides is 1. The number of nitrogens with one attached hydrogen (secondary N) is 1. The van der Waals surface area contributed by atoms with E-state index in [1.165, 1.54) is 24.3 Å². The summed E-state index contributed by atoms with van der Waals surface area (Å²) in [6.45, 7) is 6.07. The second-order valence-electron chi connectivity index (χ2n) is 5.53. The molecule has 0 fully saturated rings. The van der Waals surface area contributed by atoms with Crippen molar-refractivity contribution in [3.05, 3.63) is 59.7 Å². The van der Waals surface area contributed by atoms with Crippen molar-refractivity contribution in [1.29, 1.82) is 0 Å². The van der Waals surface area contributed by atoms with Gasteiger partial charge in [-0.15, -0.1) is 0 Å². The molecule has 0 atom stereocenters. The Hall–Kier alpha value is -2.71. The number of carbonyl (C=O) groups excluding carboxylic acids is 1. The van der Waals surface area contributed by atoms with Crippen LogP contribution in [0.1, 0.15) is 29.8 Å². The molecule has 0 heterocycles. The molecule has 7 nitrogen and oxygen atoms in total. The van der Waals surface area contributed by atoms with E-state index >= 15 is 0 Å². The summed E-state index contributed by atoms with van der Waals surface area (Å²) < 4.78 is 22.4. The second-order valence-corrected chi connectivity index (χ2v) is 7.09. The van der Waals surface area contributed by atoms with Gasteiger partial charge < -0.3 is 4.90 Å². The van der Waals surface area contributed by atoms with Crippen LogP contribution in [-0.4, -0.2) is 33.6 Å². The first-order chi connectivity index (χ1) is 12.3. The van der Waals surface area contributed by atoms with Crippen molar-refractivity contribution in [3.63, 3.8) is 0 Å². The number of hydrogen-bond donors (Lipinski definition) is 2. The van der Waals surface area contributed by atoms with E-state index in [4.69, 9.17) is 5.14 Å². The fourth-order valence-electron chi connectivity index (χ4n) is 2.39. The molecular weight excluding hydrogens is 352 g/mol. The topological polar surface area (TPSA) is 105 Å². The van der Waals surface area contributed by atoms with Crippen LogP contribution in [-0.2, 0) is 10.0 Å². The van der Waals surface area contributed by atoms with Gasteiger partial charge in [0.1, 0.15) is 0 Å². The zero-order valence-electron chi connectivity index (χ0n) is 14.7. The quantitative estimate of drug-likeness (QED) is 0.571. The molecule has 0 aliphatic rings. The van der Waals surface area contributed by atoms with Gasteiger partial charge in [-0.05, 0) is 55.8 Å². The zero-order chi connectivity index (χ0) is 19.2. The summed E-state index contributed by atoms with van der Waals surface area (Å²) >= 11 is 0. The molecule has 0 aliphatic heterocycles. The number of nitrogens with two attached hydrogens (primary N) is 1. The lowest BCUT2D eigenvalue weighted by atomic mass is 10.2. The van der Waals surface area contributed by atoms with E-state index in [0.717, 1.165) is 24.3 Å². The van der Waals surface area contributed by atoms with E-state index in [1.54, 1.807) is 6.21 Å². The predicted molar refractivity (Wildman–Crippen MR) is 103 cm³/mol. The molecule has 3 N–H and O–H groups in total. The lowest BCUT2D eigenvalue weighted by Gasteiger charge is -2.20. The van der Waals surface area contributed by atoms with Gasteiger partial charge in [0.2, 0.25) is 10.0 Å². The number of rotatable bonds is 7. The molecule has 0 spiro atoms. The van der Waals surface area contributed by atoms with Crippen LogP contribution in [0.5, 0.6) is 0 Å². The van der Waals surface area contributed by atoms with Gasteiger partial charge in [-0.1, -0.05) is 12.1 Å². The first kappa shape index (κ1) is 19.6. The molecule has 0 aromatic heterocycles. The van der Waals surface area contributed by atoms with Crippen LogP contribution >= 0.6 is 0 Å². The lowest BCUT2D eigenvalue weighted by molar-refractivity contribution is 0.0955. The number of hydrogen-bond acceptors (Lipinski definition) is 5. The Morgan fingerprint density at radius 2 is 1.65 bits per heavy atom. The molecule has 0 radical (unpaired) electrons. The van der Waals surface area contributed by atoms with Crippen molar-refractivity contribution in [3.8, 4) is 0 Å². The highest BCUT2D eigenvalue weighted by atomic mass is 32.2. The van der Waals surface area contributed by atoms with Gasteiger partial charge in [-0.25, -0.2) is 19.0 Å². The van der Waals surface area contributed by atoms with Crippen molar-refractivity contribution < 1.29 is 13.2 Å². The third-order valence-electron chi connectivity index (χ3n) is 3.85. The van der Waals surface area contributed by atoms with Crippen LogP contribution in [0.3, 0.4) is 0 Å². The molecule has 0 aliphatic carbocycles. The maximum Gasteiger partial charge on any atom is 0.271 e. The fraction of sp³-hybridized carbons (Fsp3) is 0.222. The first-order valence-electron chi connectivity index (χ1n) is 8.16. The third-order valence-corrected chi connectivity index (χ3v) is 4.78. The molecule has 1 amide bonds. The molecule has 0 unspecified atom stereocenters. The minimum atomic E-state index is -3.78. The monoisotopic (exact) mass is 374 g/mol. The number of nitrogens with zero attached hydrogens (tertiary/aromatic N) is 2. The van der Waals surface area contributed by atoms with Crippen LogP contribution in [0.25, 0.3) is 0 Å². The molecule has 2 aromatic carbocycles. The molecule has 26 heavy (non-hydrogen) atoms. The number of anilines is 1. The highest BCUT2D eigenvalue weighted by Crippen LogP contribution is 2.14. The van der Waals surface area contributed by atoms with Crippen LogP contribution in [0.15, 0.2) is 58.5 Å². The second kappa shape index (κ2) is 8.59. The van der Waals surface area contributed by atoms with E-state index in [9.17, 15) is 13.2 Å². The normalized spacial score (nSPS) is 11.5. The summed E-state index contributed by atoms with van der Waals surface area (Å²) in [6.07, 6.45) is 1.54. The predicted octanol–water partition coefficient (Wildman–Crippen LogP) is 1.94. The maximum absolute atomic E-state index is 12.0. The molecule has 2 rings (SSSR count). The average molecular weight is 374 g/mol. The SMILES string of the molecule is CCN(CC)c1ccc(/C=N/NC(=O)c2ccc(S(N)(=O)=O)cc2)cc1. The maximum atomic E-state index is 12.0. The Labute approximate surface area is 153 Å². The number of benzene rings is 2. The van der Waals surface area contributed by atoms with Gasteiger partial charge in [-0.2, -0.15) is 5.10 Å². The fourth-order valence-corrected chi connectivity index (χ4v) is 2.90. The summed E-state index contributed by atoms with van der Waals surface area (Å²) in [4.78, 5) is 14.2. The van der Waals surface area contributed by atoms with Crippen molar-refractivity contribution in [2.24, 2.45) is 10.2 Å². The molecule has 0 saturated heterocycles. The highest BCUT2D eigenvalue weighted by Gasteiger charge is 2.09. The van der Waals surface area contributed by atoms with E-state index in [-0.39, 0.29) is 10.5 Å². The zero-order valence-corrected chi connectivity index (χ0v) is 15.5. The van der Waals surface area contributed by atoms with Gasteiger partial charge in [0.05, 0.1) is 11.1 Å². The highest BCUT2D eigenvalue weighted by molar-refractivity contribution is 7.89. The number of amides is 1. The Balaban J connectivity index is 1.98. The molecule has 0 bridgehead atoms.